The lowest BCUT2D eigenvalue weighted by molar-refractivity contribution is 0.162. The summed E-state index contributed by atoms with van der Waals surface area (Å²) in [4.78, 5) is 2.61. The van der Waals surface area contributed by atoms with E-state index in [4.69, 9.17) is 5.73 Å². The summed E-state index contributed by atoms with van der Waals surface area (Å²) in [6.45, 7) is 5.76. The molecule has 1 saturated heterocycles. The fraction of sp³-hybridized carbons (Fsp3) is 0.700. The van der Waals surface area contributed by atoms with E-state index in [2.05, 4.69) is 36.1 Å². The first-order valence-corrected chi connectivity index (χ1v) is 9.24. The Morgan fingerprint density at radius 3 is 2.32 bits per heavy atom. The van der Waals surface area contributed by atoms with Gasteiger partial charge in [0.05, 0.1) is 0 Å². The molecule has 1 saturated carbocycles. The van der Waals surface area contributed by atoms with E-state index in [1.807, 2.05) is 0 Å². The fourth-order valence-electron chi connectivity index (χ4n) is 4.29. The van der Waals surface area contributed by atoms with Gasteiger partial charge in [0.2, 0.25) is 0 Å². The van der Waals surface area contributed by atoms with Crippen molar-refractivity contribution in [1.82, 2.24) is 4.90 Å². The molecule has 0 spiro atoms. The third kappa shape index (κ3) is 4.33. The molecule has 0 bridgehead atoms. The third-order valence-electron chi connectivity index (χ3n) is 5.84. The molecule has 2 nitrogen and oxygen atoms in total. The Morgan fingerprint density at radius 1 is 1.05 bits per heavy atom. The Kier molecular flexibility index (Phi) is 5.54. The van der Waals surface area contributed by atoms with Crippen molar-refractivity contribution in [1.29, 1.82) is 0 Å². The number of nitrogens with two attached hydrogens (primary N) is 1. The van der Waals surface area contributed by atoms with Gasteiger partial charge in [-0.05, 0) is 69.5 Å². The van der Waals surface area contributed by atoms with Crippen LogP contribution in [0.1, 0.15) is 56.1 Å². The number of likely N-dealkylation sites (tertiary alicyclic amines) is 1. The number of aryl methyl sites for hydroxylation is 1. The molecule has 1 aliphatic heterocycles. The molecule has 1 atom stereocenters. The highest BCUT2D eigenvalue weighted by Crippen LogP contribution is 2.31. The molecule has 122 valence electrons. The summed E-state index contributed by atoms with van der Waals surface area (Å²) < 4.78 is 0. The summed E-state index contributed by atoms with van der Waals surface area (Å²) in [5.41, 5.74) is 9.27. The minimum atomic E-state index is 0.469. The molecule has 2 fully saturated rings. The predicted molar refractivity (Wildman–Crippen MR) is 93.7 cm³/mol. The van der Waals surface area contributed by atoms with Crippen LogP contribution in [-0.4, -0.2) is 24.0 Å². The van der Waals surface area contributed by atoms with Crippen LogP contribution in [0.25, 0.3) is 0 Å². The Bertz CT molecular complexity index is 439. The van der Waals surface area contributed by atoms with Crippen LogP contribution in [0.3, 0.4) is 0 Å². The molecule has 1 aliphatic carbocycles. The molecule has 2 heteroatoms. The van der Waals surface area contributed by atoms with Crippen molar-refractivity contribution in [3.05, 3.63) is 35.4 Å². The number of nitrogens with zero attached hydrogens (tertiary/aromatic N) is 1. The summed E-state index contributed by atoms with van der Waals surface area (Å²) in [7, 11) is 0. The lowest BCUT2D eigenvalue weighted by atomic mass is 9.85. The van der Waals surface area contributed by atoms with E-state index in [0.717, 1.165) is 18.4 Å². The lowest BCUT2D eigenvalue weighted by Gasteiger charge is -2.34. The minimum Gasteiger partial charge on any atom is -0.327 e. The summed E-state index contributed by atoms with van der Waals surface area (Å²) in [6.07, 6.45) is 9.53. The van der Waals surface area contributed by atoms with Crippen molar-refractivity contribution in [2.24, 2.45) is 17.6 Å². The zero-order valence-corrected chi connectivity index (χ0v) is 14.1. The van der Waals surface area contributed by atoms with Crippen LogP contribution in [-0.2, 0) is 6.54 Å². The molecule has 1 heterocycles. The second-order valence-electron chi connectivity index (χ2n) is 7.65. The largest absolute Gasteiger partial charge is 0.327 e. The Labute approximate surface area is 136 Å². The van der Waals surface area contributed by atoms with Crippen molar-refractivity contribution in [2.75, 3.05) is 13.1 Å². The van der Waals surface area contributed by atoms with Gasteiger partial charge in [-0.25, -0.2) is 0 Å². The summed E-state index contributed by atoms with van der Waals surface area (Å²) >= 11 is 0. The first-order valence-electron chi connectivity index (χ1n) is 9.24. The van der Waals surface area contributed by atoms with Gasteiger partial charge in [-0.3, -0.25) is 4.90 Å². The zero-order valence-electron chi connectivity index (χ0n) is 14.1. The highest BCUT2D eigenvalue weighted by atomic mass is 15.1. The molecule has 2 N–H and O–H groups in total. The van der Waals surface area contributed by atoms with Crippen LogP contribution < -0.4 is 5.73 Å². The molecule has 2 aliphatic rings. The van der Waals surface area contributed by atoms with E-state index in [1.165, 1.54) is 69.2 Å². The zero-order chi connectivity index (χ0) is 15.4. The van der Waals surface area contributed by atoms with Gasteiger partial charge in [-0.15, -0.1) is 0 Å². The number of benzene rings is 1. The van der Waals surface area contributed by atoms with Crippen LogP contribution in [0.4, 0.5) is 0 Å². The first kappa shape index (κ1) is 16.0. The second kappa shape index (κ2) is 7.61. The highest BCUT2D eigenvalue weighted by Gasteiger charge is 2.26. The van der Waals surface area contributed by atoms with Gasteiger partial charge in [0.1, 0.15) is 0 Å². The highest BCUT2D eigenvalue weighted by molar-refractivity contribution is 5.21. The van der Waals surface area contributed by atoms with Crippen molar-refractivity contribution in [3.8, 4) is 0 Å². The molecule has 22 heavy (non-hydrogen) atoms. The van der Waals surface area contributed by atoms with Crippen molar-refractivity contribution in [2.45, 2.75) is 64.5 Å². The minimum absolute atomic E-state index is 0.469. The maximum atomic E-state index is 6.47. The SMILES string of the molecule is Cc1ccc(CN2CCC(CC(N)C3CCCC3)CC2)cc1. The van der Waals surface area contributed by atoms with Crippen LogP contribution in [0.2, 0.25) is 0 Å². The van der Waals surface area contributed by atoms with Gasteiger partial charge in [0, 0.05) is 12.6 Å². The van der Waals surface area contributed by atoms with E-state index in [9.17, 15) is 0 Å². The standard InChI is InChI=1S/C20H32N2/c1-16-6-8-18(9-7-16)15-22-12-10-17(11-13-22)14-20(21)19-4-2-3-5-19/h6-9,17,19-20H,2-5,10-15,21H2,1H3. The molecule has 0 aromatic heterocycles. The molecule has 1 aromatic rings. The van der Waals surface area contributed by atoms with Gasteiger partial charge in [0.25, 0.3) is 0 Å². The summed E-state index contributed by atoms with van der Waals surface area (Å²) in [5, 5.41) is 0. The van der Waals surface area contributed by atoms with Crippen molar-refractivity contribution in [3.63, 3.8) is 0 Å². The van der Waals surface area contributed by atoms with Crippen LogP contribution >= 0.6 is 0 Å². The van der Waals surface area contributed by atoms with Gasteiger partial charge in [0.15, 0.2) is 0 Å². The third-order valence-corrected chi connectivity index (χ3v) is 5.84. The molecular weight excluding hydrogens is 268 g/mol. The van der Waals surface area contributed by atoms with E-state index < -0.39 is 0 Å². The molecule has 1 aromatic carbocycles. The molecule has 0 radical (unpaired) electrons. The topological polar surface area (TPSA) is 29.3 Å². The van der Waals surface area contributed by atoms with Crippen molar-refractivity contribution < 1.29 is 0 Å². The monoisotopic (exact) mass is 300 g/mol. The van der Waals surface area contributed by atoms with E-state index in [-0.39, 0.29) is 0 Å². The quantitative estimate of drug-likeness (QED) is 0.886. The lowest BCUT2D eigenvalue weighted by Crippen LogP contribution is -2.37. The maximum Gasteiger partial charge on any atom is 0.0233 e. The summed E-state index contributed by atoms with van der Waals surface area (Å²) in [6, 6.07) is 9.47. The van der Waals surface area contributed by atoms with E-state index in [0.29, 0.717) is 6.04 Å². The smallest absolute Gasteiger partial charge is 0.0233 e. The average Bonchev–Trinajstić information content (AvgIpc) is 3.06. The van der Waals surface area contributed by atoms with Gasteiger partial charge >= 0.3 is 0 Å². The Morgan fingerprint density at radius 2 is 1.68 bits per heavy atom. The number of rotatable bonds is 5. The van der Waals surface area contributed by atoms with Gasteiger partial charge < -0.3 is 5.73 Å². The number of hydrogen-bond acceptors (Lipinski definition) is 2. The van der Waals surface area contributed by atoms with Gasteiger partial charge in [-0.1, -0.05) is 42.7 Å². The fourth-order valence-corrected chi connectivity index (χ4v) is 4.29. The average molecular weight is 300 g/mol. The van der Waals surface area contributed by atoms with Crippen molar-refractivity contribution >= 4 is 0 Å². The number of piperidine rings is 1. The van der Waals surface area contributed by atoms with Crippen LogP contribution in [0, 0.1) is 18.8 Å². The van der Waals surface area contributed by atoms with Crippen LogP contribution in [0.5, 0.6) is 0 Å². The predicted octanol–water partition coefficient (Wildman–Crippen LogP) is 4.11. The molecular formula is C20H32N2. The van der Waals surface area contributed by atoms with E-state index >= 15 is 0 Å². The normalized spacial score (nSPS) is 23.0. The maximum absolute atomic E-state index is 6.47. The summed E-state index contributed by atoms with van der Waals surface area (Å²) in [5.74, 6) is 1.69. The molecule has 3 rings (SSSR count). The number of hydrogen-bond donors (Lipinski definition) is 1. The second-order valence-corrected chi connectivity index (χ2v) is 7.65. The first-order chi connectivity index (χ1) is 10.7. The molecule has 1 unspecified atom stereocenters. The molecule has 0 amide bonds. The van der Waals surface area contributed by atoms with Gasteiger partial charge in [-0.2, -0.15) is 0 Å². The Hall–Kier alpha value is -0.860. The van der Waals surface area contributed by atoms with Crippen LogP contribution in [0.15, 0.2) is 24.3 Å². The Balaban J connectivity index is 1.41. The van der Waals surface area contributed by atoms with E-state index in [1.54, 1.807) is 0 Å².